The van der Waals surface area contributed by atoms with Crippen LogP contribution in [-0.4, -0.2) is 38.3 Å². The minimum atomic E-state index is 0.565. The first-order chi connectivity index (χ1) is 9.20. The van der Waals surface area contributed by atoms with Gasteiger partial charge in [0.25, 0.3) is 0 Å². The molecule has 1 unspecified atom stereocenters. The highest BCUT2D eigenvalue weighted by molar-refractivity contribution is 5.75. The molecule has 0 aliphatic carbocycles. The van der Waals surface area contributed by atoms with Crippen molar-refractivity contribution < 1.29 is 0 Å². The molecule has 3 rings (SSSR count). The van der Waals surface area contributed by atoms with Gasteiger partial charge in [0.1, 0.15) is 0 Å². The van der Waals surface area contributed by atoms with Gasteiger partial charge >= 0.3 is 0 Å². The van der Waals surface area contributed by atoms with Crippen molar-refractivity contribution in [2.24, 2.45) is 0 Å². The topological polar surface area (TPSA) is 18.5 Å². The smallest absolute Gasteiger partial charge is 0.0610 e. The van der Waals surface area contributed by atoms with Gasteiger partial charge in [0.15, 0.2) is 0 Å². The minimum absolute atomic E-state index is 0.565. The average molecular weight is 259 g/mol. The number of nitrogens with zero attached hydrogens (tertiary/aromatic N) is 2. The Morgan fingerprint density at radius 3 is 2.89 bits per heavy atom. The Hall–Kier alpha value is -1.22. The van der Waals surface area contributed by atoms with E-state index in [0.29, 0.717) is 12.1 Å². The molecule has 0 saturated carbocycles. The van der Waals surface area contributed by atoms with E-state index in [1.807, 2.05) is 0 Å². The maximum Gasteiger partial charge on any atom is 0.0610 e. The highest BCUT2D eigenvalue weighted by Gasteiger charge is 2.33. The van der Waals surface area contributed by atoms with E-state index in [1.54, 1.807) is 0 Å². The number of fused-ring (bicyclic) bond motifs is 3. The van der Waals surface area contributed by atoms with E-state index in [9.17, 15) is 0 Å². The molecule has 1 N–H and O–H groups in total. The second-order valence-corrected chi connectivity index (χ2v) is 5.97. The van der Waals surface area contributed by atoms with Crippen molar-refractivity contribution in [3.63, 3.8) is 0 Å². The zero-order valence-electron chi connectivity index (χ0n) is 12.3. The Balaban J connectivity index is 2.04. The van der Waals surface area contributed by atoms with Crippen LogP contribution in [0.3, 0.4) is 0 Å². The summed E-state index contributed by atoms with van der Waals surface area (Å²) in [5, 5.41) is 3.53. The van der Waals surface area contributed by atoms with Crippen LogP contribution in [0, 0.1) is 0 Å². The van der Waals surface area contributed by atoms with Crippen LogP contribution in [0.25, 0.3) is 0 Å². The second-order valence-electron chi connectivity index (χ2n) is 5.97. The standard InChI is InChI=1S/C16H25N3/c1-4-13-5-6-15-16(9-13)19(12(2)3)11-14-10-17-7-8-18(14)15/h5-6,9,12,14,17H,4,7-8,10-11H2,1-3H3. The maximum atomic E-state index is 3.53. The Labute approximate surface area is 116 Å². The van der Waals surface area contributed by atoms with Gasteiger partial charge < -0.3 is 15.1 Å². The molecule has 19 heavy (non-hydrogen) atoms. The molecule has 1 saturated heterocycles. The molecule has 1 fully saturated rings. The van der Waals surface area contributed by atoms with Gasteiger partial charge in [0.2, 0.25) is 0 Å². The molecule has 0 spiro atoms. The number of anilines is 2. The van der Waals surface area contributed by atoms with Crippen molar-refractivity contribution in [3.05, 3.63) is 23.8 Å². The van der Waals surface area contributed by atoms with Gasteiger partial charge in [0.05, 0.1) is 17.4 Å². The predicted octanol–water partition coefficient (Wildman–Crippen LogP) is 2.26. The predicted molar refractivity (Wildman–Crippen MR) is 82.3 cm³/mol. The molecule has 1 aromatic rings. The lowest BCUT2D eigenvalue weighted by Crippen LogP contribution is -2.59. The zero-order valence-corrected chi connectivity index (χ0v) is 12.3. The van der Waals surface area contributed by atoms with Crippen molar-refractivity contribution >= 4 is 11.4 Å². The number of piperazine rings is 1. The normalized spacial score (nSPS) is 22.4. The van der Waals surface area contributed by atoms with Crippen LogP contribution in [0.4, 0.5) is 11.4 Å². The van der Waals surface area contributed by atoms with Crippen molar-refractivity contribution in [3.8, 4) is 0 Å². The van der Waals surface area contributed by atoms with Gasteiger partial charge in [-0.1, -0.05) is 13.0 Å². The summed E-state index contributed by atoms with van der Waals surface area (Å²) in [6.07, 6.45) is 1.12. The Morgan fingerprint density at radius 1 is 1.32 bits per heavy atom. The van der Waals surface area contributed by atoms with Gasteiger partial charge in [-0.15, -0.1) is 0 Å². The molecular weight excluding hydrogens is 234 g/mol. The summed E-state index contributed by atoms with van der Waals surface area (Å²) < 4.78 is 0. The van der Waals surface area contributed by atoms with E-state index in [0.717, 1.165) is 32.6 Å². The molecule has 2 heterocycles. The average Bonchev–Trinajstić information content (AvgIpc) is 2.45. The summed E-state index contributed by atoms with van der Waals surface area (Å²) in [4.78, 5) is 5.17. The quantitative estimate of drug-likeness (QED) is 0.879. The maximum absolute atomic E-state index is 3.53. The van der Waals surface area contributed by atoms with E-state index in [4.69, 9.17) is 0 Å². The van der Waals surface area contributed by atoms with Crippen molar-refractivity contribution in [2.75, 3.05) is 36.0 Å². The number of hydrogen-bond donors (Lipinski definition) is 1. The summed E-state index contributed by atoms with van der Waals surface area (Å²) in [5.74, 6) is 0. The molecule has 0 amide bonds. The fourth-order valence-corrected chi connectivity index (χ4v) is 3.32. The van der Waals surface area contributed by atoms with Gasteiger partial charge in [-0.3, -0.25) is 0 Å². The zero-order chi connectivity index (χ0) is 13.4. The van der Waals surface area contributed by atoms with Gasteiger partial charge in [0, 0.05) is 32.2 Å². The van der Waals surface area contributed by atoms with Crippen LogP contribution in [0.5, 0.6) is 0 Å². The first kappa shape index (κ1) is 12.8. The third-order valence-corrected chi connectivity index (χ3v) is 4.45. The van der Waals surface area contributed by atoms with E-state index < -0.39 is 0 Å². The first-order valence-electron chi connectivity index (χ1n) is 7.57. The molecule has 1 aromatic carbocycles. The van der Waals surface area contributed by atoms with Crippen molar-refractivity contribution in [2.45, 2.75) is 39.3 Å². The third-order valence-electron chi connectivity index (χ3n) is 4.45. The summed E-state index contributed by atoms with van der Waals surface area (Å²) >= 11 is 0. The fraction of sp³-hybridized carbons (Fsp3) is 0.625. The summed E-state index contributed by atoms with van der Waals surface area (Å²) in [5.41, 5.74) is 4.31. The Bertz CT molecular complexity index is 455. The van der Waals surface area contributed by atoms with E-state index in [-0.39, 0.29) is 0 Å². The molecule has 3 nitrogen and oxygen atoms in total. The monoisotopic (exact) mass is 259 g/mol. The number of hydrogen-bond acceptors (Lipinski definition) is 3. The molecule has 0 aromatic heterocycles. The highest BCUT2D eigenvalue weighted by Crippen LogP contribution is 2.37. The van der Waals surface area contributed by atoms with Crippen molar-refractivity contribution in [1.29, 1.82) is 0 Å². The van der Waals surface area contributed by atoms with Gasteiger partial charge in [-0.05, 0) is 38.0 Å². The van der Waals surface area contributed by atoms with E-state index in [1.165, 1.54) is 16.9 Å². The third kappa shape index (κ3) is 2.20. The molecule has 1 atom stereocenters. The van der Waals surface area contributed by atoms with E-state index in [2.05, 4.69) is 54.1 Å². The lowest BCUT2D eigenvalue weighted by atomic mass is 10.0. The highest BCUT2D eigenvalue weighted by atomic mass is 15.3. The number of aryl methyl sites for hydroxylation is 1. The van der Waals surface area contributed by atoms with Crippen LogP contribution in [0.1, 0.15) is 26.3 Å². The van der Waals surface area contributed by atoms with E-state index >= 15 is 0 Å². The summed E-state index contributed by atoms with van der Waals surface area (Å²) in [7, 11) is 0. The van der Waals surface area contributed by atoms with Crippen LogP contribution >= 0.6 is 0 Å². The van der Waals surface area contributed by atoms with Crippen LogP contribution in [0.15, 0.2) is 18.2 Å². The van der Waals surface area contributed by atoms with Gasteiger partial charge in [-0.2, -0.15) is 0 Å². The number of benzene rings is 1. The second kappa shape index (κ2) is 5.04. The lowest BCUT2D eigenvalue weighted by Gasteiger charge is -2.48. The number of rotatable bonds is 2. The molecule has 2 aliphatic rings. The molecule has 0 bridgehead atoms. The van der Waals surface area contributed by atoms with Crippen LogP contribution in [0.2, 0.25) is 0 Å². The van der Waals surface area contributed by atoms with Crippen LogP contribution < -0.4 is 15.1 Å². The number of nitrogens with one attached hydrogen (secondary N) is 1. The Morgan fingerprint density at radius 2 is 2.16 bits per heavy atom. The Kier molecular flexibility index (Phi) is 3.40. The molecule has 3 heteroatoms. The molecule has 0 radical (unpaired) electrons. The van der Waals surface area contributed by atoms with Crippen molar-refractivity contribution in [1.82, 2.24) is 5.32 Å². The molecule has 2 aliphatic heterocycles. The summed E-state index contributed by atoms with van der Waals surface area (Å²) in [6, 6.07) is 8.21. The molecular formula is C16H25N3. The summed E-state index contributed by atoms with van der Waals surface area (Å²) in [6.45, 7) is 11.3. The van der Waals surface area contributed by atoms with Gasteiger partial charge in [-0.25, -0.2) is 0 Å². The largest absolute Gasteiger partial charge is 0.365 e. The first-order valence-corrected chi connectivity index (χ1v) is 7.57. The van der Waals surface area contributed by atoms with Crippen LogP contribution in [-0.2, 0) is 6.42 Å². The SMILES string of the molecule is CCc1ccc2c(c1)N(C(C)C)CC1CNCCN21. The minimum Gasteiger partial charge on any atom is -0.365 e. The lowest BCUT2D eigenvalue weighted by molar-refractivity contribution is 0.448. The fourth-order valence-electron chi connectivity index (χ4n) is 3.32. The molecule has 104 valence electrons.